The fourth-order valence-corrected chi connectivity index (χ4v) is 4.32. The summed E-state index contributed by atoms with van der Waals surface area (Å²) in [6, 6.07) is 19.8. The molecule has 1 aliphatic rings. The standard InChI is InChI=1S/C27H28N6O2/c1-3-35-23-11-9-21(10-12-23)25-17-26(29-19-28-25)31-13-15-32(16-14-31)27(34)24-18-30-33(20(24)2)22-7-5-4-6-8-22/h4-12,17-19H,3,13-16H2,1-2H3. The number of rotatable bonds is 6. The van der Waals surface area contributed by atoms with Gasteiger partial charge in [-0.1, -0.05) is 18.2 Å². The highest BCUT2D eigenvalue weighted by molar-refractivity contribution is 5.95. The first-order valence-electron chi connectivity index (χ1n) is 11.8. The SMILES string of the molecule is CCOc1ccc(-c2cc(N3CCN(C(=O)c4cnn(-c5ccccc5)c4C)CC3)ncn2)cc1. The molecule has 0 saturated carbocycles. The first kappa shape index (κ1) is 22.6. The molecule has 178 valence electrons. The zero-order valence-electron chi connectivity index (χ0n) is 20.0. The van der Waals surface area contributed by atoms with Crippen LogP contribution in [0.25, 0.3) is 16.9 Å². The first-order chi connectivity index (χ1) is 17.1. The Morgan fingerprint density at radius 3 is 2.43 bits per heavy atom. The summed E-state index contributed by atoms with van der Waals surface area (Å²) in [5.74, 6) is 1.72. The van der Waals surface area contributed by atoms with Gasteiger partial charge in [0.15, 0.2) is 0 Å². The molecule has 0 N–H and O–H groups in total. The molecule has 0 unspecified atom stereocenters. The molecule has 1 fully saturated rings. The molecule has 3 heterocycles. The highest BCUT2D eigenvalue weighted by atomic mass is 16.5. The lowest BCUT2D eigenvalue weighted by Crippen LogP contribution is -2.49. The summed E-state index contributed by atoms with van der Waals surface area (Å²) >= 11 is 0. The van der Waals surface area contributed by atoms with Crippen molar-refractivity contribution in [2.24, 2.45) is 0 Å². The van der Waals surface area contributed by atoms with Crippen molar-refractivity contribution in [1.82, 2.24) is 24.6 Å². The van der Waals surface area contributed by atoms with Crippen LogP contribution in [-0.2, 0) is 0 Å². The van der Waals surface area contributed by atoms with Gasteiger partial charge < -0.3 is 14.5 Å². The van der Waals surface area contributed by atoms with Crippen LogP contribution in [0.4, 0.5) is 5.82 Å². The van der Waals surface area contributed by atoms with E-state index >= 15 is 0 Å². The number of ether oxygens (including phenoxy) is 1. The average Bonchev–Trinajstić information content (AvgIpc) is 3.30. The van der Waals surface area contributed by atoms with Crippen LogP contribution in [-0.4, -0.2) is 63.3 Å². The van der Waals surface area contributed by atoms with Crippen LogP contribution in [0.1, 0.15) is 23.0 Å². The molecule has 0 radical (unpaired) electrons. The van der Waals surface area contributed by atoms with E-state index < -0.39 is 0 Å². The minimum absolute atomic E-state index is 0.0158. The van der Waals surface area contributed by atoms with E-state index in [1.54, 1.807) is 12.5 Å². The number of carbonyl (C=O) groups excluding carboxylic acids is 1. The Kier molecular flexibility index (Phi) is 6.43. The summed E-state index contributed by atoms with van der Waals surface area (Å²) in [7, 11) is 0. The van der Waals surface area contributed by atoms with Crippen molar-refractivity contribution in [1.29, 1.82) is 0 Å². The zero-order chi connectivity index (χ0) is 24.2. The Balaban J connectivity index is 1.25. The van der Waals surface area contributed by atoms with Gasteiger partial charge in [0.25, 0.3) is 5.91 Å². The van der Waals surface area contributed by atoms with Gasteiger partial charge >= 0.3 is 0 Å². The van der Waals surface area contributed by atoms with Crippen molar-refractivity contribution in [2.45, 2.75) is 13.8 Å². The average molecular weight is 469 g/mol. The second-order valence-corrected chi connectivity index (χ2v) is 8.39. The summed E-state index contributed by atoms with van der Waals surface area (Å²) in [4.78, 5) is 26.3. The Morgan fingerprint density at radius 2 is 1.71 bits per heavy atom. The third-order valence-electron chi connectivity index (χ3n) is 6.25. The molecule has 2 aromatic carbocycles. The summed E-state index contributed by atoms with van der Waals surface area (Å²) in [5, 5.41) is 4.45. The molecule has 1 amide bonds. The van der Waals surface area contributed by atoms with Gasteiger partial charge in [0.1, 0.15) is 17.9 Å². The molecule has 0 atom stereocenters. The van der Waals surface area contributed by atoms with Crippen LogP contribution < -0.4 is 9.64 Å². The molecule has 1 saturated heterocycles. The minimum atomic E-state index is 0.0158. The van der Waals surface area contributed by atoms with E-state index in [1.807, 2.05) is 84.1 Å². The van der Waals surface area contributed by atoms with Crippen molar-refractivity contribution < 1.29 is 9.53 Å². The normalized spacial score (nSPS) is 13.7. The fourth-order valence-electron chi connectivity index (χ4n) is 4.32. The van der Waals surface area contributed by atoms with Crippen molar-refractivity contribution in [3.63, 3.8) is 0 Å². The van der Waals surface area contributed by atoms with Crippen LogP contribution >= 0.6 is 0 Å². The first-order valence-corrected chi connectivity index (χ1v) is 11.8. The van der Waals surface area contributed by atoms with Crippen LogP contribution in [0.15, 0.2) is 73.2 Å². The van der Waals surface area contributed by atoms with E-state index in [2.05, 4.69) is 20.0 Å². The van der Waals surface area contributed by atoms with Crippen molar-refractivity contribution in [3.8, 4) is 22.7 Å². The molecular weight excluding hydrogens is 440 g/mol. The molecule has 5 rings (SSSR count). The molecule has 0 spiro atoms. The quantitative estimate of drug-likeness (QED) is 0.426. The van der Waals surface area contributed by atoms with Crippen molar-refractivity contribution in [2.75, 3.05) is 37.7 Å². The molecule has 35 heavy (non-hydrogen) atoms. The lowest BCUT2D eigenvalue weighted by molar-refractivity contribution is 0.0745. The van der Waals surface area contributed by atoms with Gasteiger partial charge in [0, 0.05) is 37.8 Å². The van der Waals surface area contributed by atoms with Gasteiger partial charge in [-0.25, -0.2) is 14.6 Å². The zero-order valence-corrected chi connectivity index (χ0v) is 20.0. The number of aromatic nitrogens is 4. The number of piperazine rings is 1. The Bertz CT molecular complexity index is 1300. The van der Waals surface area contributed by atoms with Gasteiger partial charge in [-0.15, -0.1) is 0 Å². The molecule has 1 aliphatic heterocycles. The number of amides is 1. The predicted molar refractivity (Wildman–Crippen MR) is 135 cm³/mol. The topological polar surface area (TPSA) is 76.4 Å². The van der Waals surface area contributed by atoms with Gasteiger partial charge in [0.2, 0.25) is 0 Å². The van der Waals surface area contributed by atoms with Crippen LogP contribution in [0.3, 0.4) is 0 Å². The summed E-state index contributed by atoms with van der Waals surface area (Å²) in [6.45, 7) is 7.20. The highest BCUT2D eigenvalue weighted by Gasteiger charge is 2.26. The van der Waals surface area contributed by atoms with E-state index in [0.717, 1.165) is 34.2 Å². The number of hydrogen-bond acceptors (Lipinski definition) is 6. The molecular formula is C27H28N6O2. The van der Waals surface area contributed by atoms with Gasteiger partial charge in [0.05, 0.1) is 35.4 Å². The van der Waals surface area contributed by atoms with E-state index in [9.17, 15) is 4.79 Å². The second kappa shape index (κ2) is 9.97. The second-order valence-electron chi connectivity index (χ2n) is 8.39. The van der Waals surface area contributed by atoms with E-state index in [-0.39, 0.29) is 5.91 Å². The largest absolute Gasteiger partial charge is 0.494 e. The van der Waals surface area contributed by atoms with E-state index in [1.165, 1.54) is 0 Å². The third kappa shape index (κ3) is 4.73. The molecule has 8 heteroatoms. The number of para-hydroxylation sites is 1. The predicted octanol–water partition coefficient (Wildman–Crippen LogP) is 4.00. The van der Waals surface area contributed by atoms with E-state index in [0.29, 0.717) is 38.3 Å². The fraction of sp³-hybridized carbons (Fsp3) is 0.259. The maximum atomic E-state index is 13.2. The summed E-state index contributed by atoms with van der Waals surface area (Å²) < 4.78 is 7.34. The minimum Gasteiger partial charge on any atom is -0.494 e. The molecule has 2 aromatic heterocycles. The Morgan fingerprint density at radius 1 is 0.971 bits per heavy atom. The number of anilines is 1. The lowest BCUT2D eigenvalue weighted by Gasteiger charge is -2.35. The maximum Gasteiger partial charge on any atom is 0.257 e. The summed E-state index contributed by atoms with van der Waals surface area (Å²) in [6.07, 6.45) is 3.27. The van der Waals surface area contributed by atoms with Gasteiger partial charge in [-0.05, 0) is 50.2 Å². The van der Waals surface area contributed by atoms with Gasteiger partial charge in [-0.2, -0.15) is 5.10 Å². The molecule has 0 bridgehead atoms. The third-order valence-corrected chi connectivity index (χ3v) is 6.25. The lowest BCUT2D eigenvalue weighted by atomic mass is 10.1. The summed E-state index contributed by atoms with van der Waals surface area (Å²) in [5.41, 5.74) is 4.31. The van der Waals surface area contributed by atoms with Crippen molar-refractivity contribution in [3.05, 3.63) is 84.4 Å². The Hall–Kier alpha value is -4.20. The Labute approximate surface area is 204 Å². The van der Waals surface area contributed by atoms with Crippen LogP contribution in [0.5, 0.6) is 5.75 Å². The molecule has 0 aliphatic carbocycles. The van der Waals surface area contributed by atoms with Crippen LogP contribution in [0.2, 0.25) is 0 Å². The van der Waals surface area contributed by atoms with Gasteiger partial charge in [-0.3, -0.25) is 4.79 Å². The number of hydrogen-bond donors (Lipinski definition) is 0. The molecule has 4 aromatic rings. The van der Waals surface area contributed by atoms with Crippen molar-refractivity contribution >= 4 is 11.7 Å². The smallest absolute Gasteiger partial charge is 0.257 e. The van der Waals surface area contributed by atoms with E-state index in [4.69, 9.17) is 4.74 Å². The maximum absolute atomic E-state index is 13.2. The highest BCUT2D eigenvalue weighted by Crippen LogP contribution is 2.24. The monoisotopic (exact) mass is 468 g/mol. The number of carbonyl (C=O) groups is 1. The number of nitrogens with zero attached hydrogens (tertiary/aromatic N) is 6. The molecule has 8 nitrogen and oxygen atoms in total. The number of benzene rings is 2. The van der Waals surface area contributed by atoms with Crippen LogP contribution in [0, 0.1) is 6.92 Å².